The molecule has 0 aromatic carbocycles. The fourth-order valence-electron chi connectivity index (χ4n) is 0.344. The lowest BCUT2D eigenvalue weighted by atomic mass is 10.6. The van der Waals surface area contributed by atoms with E-state index >= 15 is 0 Å². The Morgan fingerprint density at radius 2 is 2.38 bits per heavy atom. The standard InChI is InChI=1S/C4H6N2O2/c1-2-8-4(7)3-5-6-3/h3H,2H2,1H3. The minimum Gasteiger partial charge on any atom is -0.463 e. The van der Waals surface area contributed by atoms with Crippen LogP contribution in [0.25, 0.3) is 0 Å². The first-order chi connectivity index (χ1) is 3.84. The molecule has 0 unspecified atom stereocenters. The van der Waals surface area contributed by atoms with Crippen LogP contribution in [-0.4, -0.2) is 18.7 Å². The molecule has 8 heavy (non-hydrogen) atoms. The summed E-state index contributed by atoms with van der Waals surface area (Å²) >= 11 is 0. The zero-order chi connectivity index (χ0) is 5.98. The normalized spacial score (nSPS) is 16.1. The number of esters is 1. The molecule has 0 amide bonds. The van der Waals surface area contributed by atoms with Gasteiger partial charge in [0.2, 0.25) is 0 Å². The van der Waals surface area contributed by atoms with Gasteiger partial charge in [-0.25, -0.2) is 4.79 Å². The molecule has 0 atom stereocenters. The van der Waals surface area contributed by atoms with E-state index in [4.69, 9.17) is 0 Å². The van der Waals surface area contributed by atoms with Crippen molar-refractivity contribution in [2.24, 2.45) is 10.2 Å². The van der Waals surface area contributed by atoms with E-state index in [0.29, 0.717) is 6.61 Å². The van der Waals surface area contributed by atoms with E-state index in [2.05, 4.69) is 15.0 Å². The third-order valence-corrected chi connectivity index (χ3v) is 0.728. The quantitative estimate of drug-likeness (QED) is 0.486. The maximum absolute atomic E-state index is 10.4. The van der Waals surface area contributed by atoms with Crippen molar-refractivity contribution in [2.75, 3.05) is 6.61 Å². The van der Waals surface area contributed by atoms with Crippen molar-refractivity contribution in [1.29, 1.82) is 0 Å². The van der Waals surface area contributed by atoms with Crippen molar-refractivity contribution in [3.63, 3.8) is 0 Å². The molecular weight excluding hydrogens is 108 g/mol. The summed E-state index contributed by atoms with van der Waals surface area (Å²) < 4.78 is 4.54. The Hall–Kier alpha value is -0.930. The summed E-state index contributed by atoms with van der Waals surface area (Å²) in [6.07, 6.45) is -0.491. The van der Waals surface area contributed by atoms with Crippen LogP contribution in [-0.2, 0) is 9.53 Å². The highest BCUT2D eigenvalue weighted by Gasteiger charge is 2.26. The Labute approximate surface area is 46.6 Å². The number of rotatable bonds is 2. The predicted molar refractivity (Wildman–Crippen MR) is 25.3 cm³/mol. The van der Waals surface area contributed by atoms with Crippen molar-refractivity contribution in [3.05, 3.63) is 0 Å². The van der Waals surface area contributed by atoms with Crippen LogP contribution in [0.5, 0.6) is 0 Å². The summed E-state index contributed by atoms with van der Waals surface area (Å²) in [6.45, 7) is 2.15. The van der Waals surface area contributed by atoms with Gasteiger partial charge < -0.3 is 4.74 Å². The SMILES string of the molecule is CCOC(=O)C1N=N1. The Morgan fingerprint density at radius 3 is 2.75 bits per heavy atom. The lowest BCUT2D eigenvalue weighted by molar-refractivity contribution is -0.142. The van der Waals surface area contributed by atoms with Gasteiger partial charge >= 0.3 is 5.97 Å². The number of carbonyl (C=O) groups is 1. The topological polar surface area (TPSA) is 51.0 Å². The fourth-order valence-corrected chi connectivity index (χ4v) is 0.344. The maximum atomic E-state index is 10.4. The number of nitrogens with zero attached hydrogens (tertiary/aromatic N) is 2. The van der Waals surface area contributed by atoms with Gasteiger partial charge in [0, 0.05) is 0 Å². The van der Waals surface area contributed by atoms with E-state index < -0.39 is 6.17 Å². The molecule has 1 aliphatic rings. The van der Waals surface area contributed by atoms with Crippen molar-refractivity contribution >= 4 is 5.97 Å². The second-order valence-corrected chi connectivity index (χ2v) is 1.36. The van der Waals surface area contributed by atoms with Crippen LogP contribution in [0.4, 0.5) is 0 Å². The second kappa shape index (κ2) is 1.90. The maximum Gasteiger partial charge on any atom is 0.357 e. The molecule has 1 heterocycles. The third kappa shape index (κ3) is 1.02. The molecule has 0 fully saturated rings. The smallest absolute Gasteiger partial charge is 0.357 e. The van der Waals surface area contributed by atoms with Crippen LogP contribution in [0, 0.1) is 0 Å². The van der Waals surface area contributed by atoms with Crippen LogP contribution >= 0.6 is 0 Å². The van der Waals surface area contributed by atoms with Crippen LogP contribution < -0.4 is 0 Å². The van der Waals surface area contributed by atoms with E-state index in [1.165, 1.54) is 0 Å². The summed E-state index contributed by atoms with van der Waals surface area (Å²) in [5, 5.41) is 6.74. The zero-order valence-electron chi connectivity index (χ0n) is 4.50. The molecule has 0 N–H and O–H groups in total. The number of hydrogen-bond donors (Lipinski definition) is 0. The highest BCUT2D eigenvalue weighted by atomic mass is 16.5. The first kappa shape index (κ1) is 5.21. The Balaban J connectivity index is 2.14. The van der Waals surface area contributed by atoms with Gasteiger partial charge in [0.25, 0.3) is 6.17 Å². The van der Waals surface area contributed by atoms with Crippen LogP contribution in [0.2, 0.25) is 0 Å². The van der Waals surface area contributed by atoms with E-state index in [9.17, 15) is 4.79 Å². The molecule has 0 aliphatic carbocycles. The summed E-state index contributed by atoms with van der Waals surface area (Å²) in [6, 6.07) is 0. The van der Waals surface area contributed by atoms with Crippen LogP contribution in [0.15, 0.2) is 10.2 Å². The van der Waals surface area contributed by atoms with E-state index in [1.54, 1.807) is 6.92 Å². The highest BCUT2D eigenvalue weighted by Crippen LogP contribution is 2.10. The molecule has 1 rings (SSSR count). The molecule has 44 valence electrons. The van der Waals surface area contributed by atoms with Crippen molar-refractivity contribution in [2.45, 2.75) is 13.1 Å². The van der Waals surface area contributed by atoms with Crippen LogP contribution in [0.1, 0.15) is 6.92 Å². The average molecular weight is 114 g/mol. The number of carbonyl (C=O) groups excluding carboxylic acids is 1. The highest BCUT2D eigenvalue weighted by molar-refractivity contribution is 5.77. The van der Waals surface area contributed by atoms with Gasteiger partial charge in [-0.3, -0.25) is 0 Å². The lowest BCUT2D eigenvalue weighted by Crippen LogP contribution is -2.10. The van der Waals surface area contributed by atoms with Crippen molar-refractivity contribution < 1.29 is 9.53 Å². The van der Waals surface area contributed by atoms with E-state index in [-0.39, 0.29) is 5.97 Å². The summed E-state index contributed by atoms with van der Waals surface area (Å²) in [5.41, 5.74) is 0. The third-order valence-electron chi connectivity index (χ3n) is 0.728. The number of hydrogen-bond acceptors (Lipinski definition) is 4. The van der Waals surface area contributed by atoms with Crippen molar-refractivity contribution in [1.82, 2.24) is 0 Å². The average Bonchev–Trinajstić information content (AvgIpc) is 2.45. The molecule has 0 radical (unpaired) electrons. The first-order valence-electron chi connectivity index (χ1n) is 2.41. The van der Waals surface area contributed by atoms with Crippen molar-refractivity contribution in [3.8, 4) is 0 Å². The minimum absolute atomic E-state index is 0.340. The van der Waals surface area contributed by atoms with Gasteiger partial charge in [-0.2, -0.15) is 0 Å². The van der Waals surface area contributed by atoms with E-state index in [0.717, 1.165) is 0 Å². The minimum atomic E-state index is -0.491. The molecule has 0 aromatic rings. The first-order valence-corrected chi connectivity index (χ1v) is 2.41. The molecule has 0 spiro atoms. The van der Waals surface area contributed by atoms with Gasteiger partial charge in [0.15, 0.2) is 0 Å². The predicted octanol–water partition coefficient (Wildman–Crippen LogP) is 0.341. The molecule has 0 aromatic heterocycles. The molecule has 0 saturated carbocycles. The molecular formula is C4H6N2O2. The second-order valence-electron chi connectivity index (χ2n) is 1.36. The molecule has 4 heteroatoms. The van der Waals surface area contributed by atoms with E-state index in [1.807, 2.05) is 0 Å². The molecule has 4 nitrogen and oxygen atoms in total. The van der Waals surface area contributed by atoms with Crippen LogP contribution in [0.3, 0.4) is 0 Å². The Kier molecular flexibility index (Phi) is 1.24. The molecule has 0 saturated heterocycles. The largest absolute Gasteiger partial charge is 0.463 e. The number of ether oxygens (including phenoxy) is 1. The van der Waals surface area contributed by atoms with Gasteiger partial charge in [0.05, 0.1) is 6.61 Å². The lowest BCUT2D eigenvalue weighted by Gasteiger charge is -1.92. The van der Waals surface area contributed by atoms with Gasteiger partial charge in [-0.05, 0) is 6.92 Å². The summed E-state index contributed by atoms with van der Waals surface area (Å²) in [4.78, 5) is 10.4. The Morgan fingerprint density at radius 1 is 1.75 bits per heavy atom. The van der Waals surface area contributed by atoms with Gasteiger partial charge in [0.1, 0.15) is 0 Å². The zero-order valence-corrected chi connectivity index (χ0v) is 4.50. The molecule has 0 bridgehead atoms. The van der Waals surface area contributed by atoms with Gasteiger partial charge in [-0.15, -0.1) is 10.2 Å². The summed E-state index contributed by atoms with van der Waals surface area (Å²) in [5.74, 6) is -0.340. The Bertz CT molecular complexity index is 126. The monoisotopic (exact) mass is 114 g/mol. The summed E-state index contributed by atoms with van der Waals surface area (Å²) in [7, 11) is 0. The molecule has 1 aliphatic heterocycles. The fraction of sp³-hybridized carbons (Fsp3) is 0.750. The van der Waals surface area contributed by atoms with Gasteiger partial charge in [-0.1, -0.05) is 0 Å².